The molecule has 0 saturated carbocycles. The Morgan fingerprint density at radius 2 is 2.05 bits per heavy atom. The number of nitrogens with zero attached hydrogens (tertiary/aromatic N) is 4. The Kier molecular flexibility index (Phi) is 4.46. The lowest BCUT2D eigenvalue weighted by Gasteiger charge is -2.07. The van der Waals surface area contributed by atoms with E-state index in [1.165, 1.54) is 29.6 Å². The number of fused-ring (bicyclic) bond motifs is 1. The third-order valence-corrected chi connectivity index (χ3v) is 3.32. The van der Waals surface area contributed by atoms with E-state index in [9.17, 15) is 14.4 Å². The second-order valence-electron chi connectivity index (χ2n) is 4.51. The summed E-state index contributed by atoms with van der Waals surface area (Å²) in [5.74, 6) is -0.0838. The number of hydrogen-bond donors (Lipinski definition) is 0. The van der Waals surface area contributed by atoms with E-state index in [1.807, 2.05) is 0 Å². The van der Waals surface area contributed by atoms with Gasteiger partial charge in [0.2, 0.25) is 0 Å². The van der Waals surface area contributed by atoms with E-state index in [0.29, 0.717) is 12.3 Å². The molecule has 0 spiro atoms. The maximum Gasteiger partial charge on any atom is 0.332 e. The smallest absolute Gasteiger partial charge is 0.332 e. The van der Waals surface area contributed by atoms with Crippen molar-refractivity contribution in [3.63, 3.8) is 0 Å². The van der Waals surface area contributed by atoms with Gasteiger partial charge in [0, 0.05) is 20.0 Å². The number of alkyl halides is 1. The summed E-state index contributed by atoms with van der Waals surface area (Å²) in [7, 11) is 2.89. The van der Waals surface area contributed by atoms with Crippen molar-refractivity contribution in [1.29, 1.82) is 0 Å². The number of aromatic nitrogens is 4. The van der Waals surface area contributed by atoms with Crippen LogP contribution in [0.15, 0.2) is 15.9 Å². The van der Waals surface area contributed by atoms with Gasteiger partial charge >= 0.3 is 11.7 Å². The zero-order chi connectivity index (χ0) is 15.6. The average Bonchev–Trinajstić information content (AvgIpc) is 2.87. The topological polar surface area (TPSA) is 88.1 Å². The summed E-state index contributed by atoms with van der Waals surface area (Å²) in [5.41, 5.74) is -0.549. The summed E-state index contributed by atoms with van der Waals surface area (Å²) < 4.78 is 8.58. The van der Waals surface area contributed by atoms with Crippen molar-refractivity contribution in [2.75, 3.05) is 12.5 Å². The summed E-state index contributed by atoms with van der Waals surface area (Å²) in [6.07, 6.45) is 1.91. The first-order valence-corrected chi connectivity index (χ1v) is 6.83. The van der Waals surface area contributed by atoms with Crippen LogP contribution in [0.1, 0.15) is 6.42 Å². The fourth-order valence-electron chi connectivity index (χ4n) is 1.94. The highest BCUT2D eigenvalue weighted by Gasteiger charge is 2.16. The molecule has 0 amide bonds. The van der Waals surface area contributed by atoms with Crippen molar-refractivity contribution in [3.8, 4) is 0 Å². The minimum Gasteiger partial charge on any atom is -0.464 e. The average molecular weight is 315 g/mol. The monoisotopic (exact) mass is 314 g/mol. The molecule has 2 aromatic rings. The Bertz CT molecular complexity index is 789. The van der Waals surface area contributed by atoms with Crippen LogP contribution in [0, 0.1) is 0 Å². The zero-order valence-electron chi connectivity index (χ0n) is 11.7. The first kappa shape index (κ1) is 15.3. The van der Waals surface area contributed by atoms with Crippen LogP contribution < -0.4 is 11.2 Å². The predicted octanol–water partition coefficient (Wildman–Crippen LogP) is -0.394. The molecule has 9 heteroatoms. The molecule has 0 aliphatic heterocycles. The Morgan fingerprint density at radius 1 is 1.33 bits per heavy atom. The van der Waals surface area contributed by atoms with Crippen LogP contribution in [0.4, 0.5) is 0 Å². The van der Waals surface area contributed by atoms with E-state index >= 15 is 0 Å². The standard InChI is InChI=1S/C12H15ClN4O4/c1-15-10-9(11(19)16(2)12(15)20)17(7-14-10)6-8(18)21-5-3-4-13/h7H,3-6H2,1-2H3. The van der Waals surface area contributed by atoms with Crippen LogP contribution >= 0.6 is 11.6 Å². The molecule has 0 saturated heterocycles. The number of carbonyl (C=O) groups excluding carboxylic acids is 1. The third-order valence-electron chi connectivity index (χ3n) is 3.06. The van der Waals surface area contributed by atoms with Crippen molar-refractivity contribution in [2.45, 2.75) is 13.0 Å². The normalized spacial score (nSPS) is 11.0. The van der Waals surface area contributed by atoms with Gasteiger partial charge in [0.25, 0.3) is 5.56 Å². The molecule has 0 bridgehead atoms. The minimum atomic E-state index is -0.501. The Balaban J connectivity index is 2.37. The number of carbonyl (C=O) groups is 1. The molecule has 0 aliphatic rings. The number of ether oxygens (including phenoxy) is 1. The van der Waals surface area contributed by atoms with Crippen molar-refractivity contribution >= 4 is 28.7 Å². The van der Waals surface area contributed by atoms with Crippen molar-refractivity contribution < 1.29 is 9.53 Å². The molecule has 2 rings (SSSR count). The van der Waals surface area contributed by atoms with Gasteiger partial charge in [-0.25, -0.2) is 9.78 Å². The maximum atomic E-state index is 12.1. The van der Waals surface area contributed by atoms with Crippen LogP contribution in [0.3, 0.4) is 0 Å². The van der Waals surface area contributed by atoms with E-state index in [1.54, 1.807) is 0 Å². The molecular weight excluding hydrogens is 300 g/mol. The quantitative estimate of drug-likeness (QED) is 0.426. The largest absolute Gasteiger partial charge is 0.464 e. The molecule has 0 N–H and O–H groups in total. The van der Waals surface area contributed by atoms with Crippen LogP contribution in [-0.2, 0) is 30.2 Å². The van der Waals surface area contributed by atoms with Gasteiger partial charge in [-0.05, 0) is 6.42 Å². The minimum absolute atomic E-state index is 0.147. The number of esters is 1. The molecule has 8 nitrogen and oxygen atoms in total. The number of halogens is 1. The van der Waals surface area contributed by atoms with Gasteiger partial charge in [0.15, 0.2) is 11.2 Å². The van der Waals surface area contributed by atoms with E-state index in [0.717, 1.165) is 4.57 Å². The molecule has 2 aromatic heterocycles. The van der Waals surface area contributed by atoms with Crippen molar-refractivity contribution in [2.24, 2.45) is 14.1 Å². The SMILES string of the molecule is Cn1c(=O)c2c(ncn2CC(=O)OCCCCl)n(C)c1=O. The number of imidazole rings is 1. The van der Waals surface area contributed by atoms with Gasteiger partial charge in [-0.3, -0.25) is 18.7 Å². The molecular formula is C12H15ClN4O4. The highest BCUT2D eigenvalue weighted by molar-refractivity contribution is 6.17. The lowest BCUT2D eigenvalue weighted by molar-refractivity contribution is -0.144. The summed E-state index contributed by atoms with van der Waals surface area (Å²) in [6.45, 7) is 0.0810. The van der Waals surface area contributed by atoms with Crippen molar-refractivity contribution in [1.82, 2.24) is 18.7 Å². The van der Waals surface area contributed by atoms with E-state index in [-0.39, 0.29) is 24.3 Å². The van der Waals surface area contributed by atoms with Crippen LogP contribution in [-0.4, -0.2) is 37.1 Å². The molecule has 0 aliphatic carbocycles. The molecule has 0 fully saturated rings. The zero-order valence-corrected chi connectivity index (χ0v) is 12.5. The molecule has 0 unspecified atom stereocenters. The summed E-state index contributed by atoms with van der Waals surface area (Å²) in [6, 6.07) is 0. The summed E-state index contributed by atoms with van der Waals surface area (Å²) >= 11 is 5.49. The molecule has 0 radical (unpaired) electrons. The Morgan fingerprint density at radius 3 is 2.71 bits per heavy atom. The van der Waals surface area contributed by atoms with Gasteiger partial charge in [0.1, 0.15) is 6.54 Å². The van der Waals surface area contributed by atoms with Crippen molar-refractivity contribution in [3.05, 3.63) is 27.2 Å². The van der Waals surface area contributed by atoms with E-state index < -0.39 is 17.2 Å². The van der Waals surface area contributed by atoms with E-state index in [2.05, 4.69) is 4.98 Å². The molecule has 2 heterocycles. The molecule has 0 atom stereocenters. The van der Waals surface area contributed by atoms with Gasteiger partial charge in [0.05, 0.1) is 12.9 Å². The van der Waals surface area contributed by atoms with Crippen LogP contribution in [0.25, 0.3) is 11.2 Å². The third kappa shape index (κ3) is 2.85. The fraction of sp³-hybridized carbons (Fsp3) is 0.500. The second-order valence-corrected chi connectivity index (χ2v) is 4.89. The lowest BCUT2D eigenvalue weighted by atomic mass is 10.5. The summed E-state index contributed by atoms with van der Waals surface area (Å²) in [5, 5.41) is 0. The Labute approximate surface area is 124 Å². The first-order valence-electron chi connectivity index (χ1n) is 6.29. The maximum absolute atomic E-state index is 12.1. The Hall–Kier alpha value is -2.09. The molecule has 114 valence electrons. The molecule has 21 heavy (non-hydrogen) atoms. The number of hydrogen-bond acceptors (Lipinski definition) is 5. The lowest BCUT2D eigenvalue weighted by Crippen LogP contribution is -2.37. The van der Waals surface area contributed by atoms with Gasteiger partial charge in [-0.2, -0.15) is 0 Å². The van der Waals surface area contributed by atoms with Gasteiger partial charge in [-0.1, -0.05) is 0 Å². The van der Waals surface area contributed by atoms with E-state index in [4.69, 9.17) is 16.3 Å². The van der Waals surface area contributed by atoms with Gasteiger partial charge in [-0.15, -0.1) is 11.6 Å². The highest BCUT2D eigenvalue weighted by atomic mass is 35.5. The highest BCUT2D eigenvalue weighted by Crippen LogP contribution is 2.05. The van der Waals surface area contributed by atoms with Crippen LogP contribution in [0.2, 0.25) is 0 Å². The first-order chi connectivity index (χ1) is 9.97. The number of aryl methyl sites for hydroxylation is 1. The predicted molar refractivity (Wildman–Crippen MR) is 76.5 cm³/mol. The number of rotatable bonds is 5. The van der Waals surface area contributed by atoms with Gasteiger partial charge < -0.3 is 9.30 Å². The fourth-order valence-corrected chi connectivity index (χ4v) is 2.05. The summed E-state index contributed by atoms with van der Waals surface area (Å²) in [4.78, 5) is 39.6. The van der Waals surface area contributed by atoms with Crippen LogP contribution in [0.5, 0.6) is 0 Å². The molecule has 0 aromatic carbocycles. The second kappa shape index (κ2) is 6.13.